The molecule has 0 heterocycles. The summed E-state index contributed by atoms with van der Waals surface area (Å²) in [5.41, 5.74) is 6.97. The van der Waals surface area contributed by atoms with Crippen LogP contribution in [-0.2, 0) is 6.54 Å². The van der Waals surface area contributed by atoms with Gasteiger partial charge in [-0.25, -0.2) is 4.39 Å². The van der Waals surface area contributed by atoms with Gasteiger partial charge in [-0.3, -0.25) is 0 Å². The van der Waals surface area contributed by atoms with Crippen molar-refractivity contribution < 1.29 is 9.60 Å². The van der Waals surface area contributed by atoms with Crippen molar-refractivity contribution in [2.75, 3.05) is 5.32 Å². The van der Waals surface area contributed by atoms with E-state index in [1.54, 1.807) is 18.2 Å². The van der Waals surface area contributed by atoms with Gasteiger partial charge in [-0.2, -0.15) is 0 Å². The number of halogens is 3. The minimum Gasteiger partial charge on any atom is -0.409 e. The first-order chi connectivity index (χ1) is 10.0. The van der Waals surface area contributed by atoms with E-state index in [0.29, 0.717) is 22.7 Å². The molecule has 2 rings (SSSR count). The summed E-state index contributed by atoms with van der Waals surface area (Å²) in [7, 11) is 0. The minimum atomic E-state index is -0.435. The molecule has 0 aliphatic rings. The molecule has 0 atom stereocenters. The Balaban J connectivity index is 2.11. The summed E-state index contributed by atoms with van der Waals surface area (Å²) >= 11 is 9.29. The van der Waals surface area contributed by atoms with Gasteiger partial charge in [-0.05, 0) is 40.2 Å². The maximum Gasteiger partial charge on any atom is 0.170 e. The normalized spacial score (nSPS) is 11.5. The van der Waals surface area contributed by atoms with Crippen LogP contribution in [0.3, 0.4) is 0 Å². The molecule has 0 aliphatic heterocycles. The van der Waals surface area contributed by atoms with Crippen LogP contribution >= 0.6 is 27.5 Å². The van der Waals surface area contributed by atoms with Crippen molar-refractivity contribution in [1.82, 2.24) is 0 Å². The van der Waals surface area contributed by atoms with Gasteiger partial charge in [0.05, 0.1) is 5.02 Å². The highest BCUT2D eigenvalue weighted by Gasteiger charge is 2.07. The van der Waals surface area contributed by atoms with Gasteiger partial charge in [-0.15, -0.1) is 0 Å². The molecule has 0 radical (unpaired) electrons. The molecule has 0 aromatic heterocycles. The molecule has 0 unspecified atom stereocenters. The smallest absolute Gasteiger partial charge is 0.170 e. The van der Waals surface area contributed by atoms with E-state index in [1.165, 1.54) is 6.07 Å². The molecule has 4 N–H and O–H groups in total. The number of nitrogens with zero attached hydrogens (tertiary/aromatic N) is 1. The van der Waals surface area contributed by atoms with Crippen molar-refractivity contribution in [2.45, 2.75) is 6.54 Å². The summed E-state index contributed by atoms with van der Waals surface area (Å²) in [6.45, 7) is 0.292. The van der Waals surface area contributed by atoms with Crippen molar-refractivity contribution in [3.05, 3.63) is 62.8 Å². The van der Waals surface area contributed by atoms with Gasteiger partial charge in [0.25, 0.3) is 0 Å². The van der Waals surface area contributed by atoms with Crippen LogP contribution < -0.4 is 11.1 Å². The number of nitrogens with two attached hydrogens (primary N) is 1. The second-order valence-electron chi connectivity index (χ2n) is 4.27. The lowest BCUT2D eigenvalue weighted by molar-refractivity contribution is 0.318. The van der Waals surface area contributed by atoms with E-state index < -0.39 is 5.82 Å². The lowest BCUT2D eigenvalue weighted by Crippen LogP contribution is -2.14. The molecule has 0 saturated carbocycles. The highest BCUT2D eigenvalue weighted by Crippen LogP contribution is 2.26. The minimum absolute atomic E-state index is 0.131. The van der Waals surface area contributed by atoms with Crippen molar-refractivity contribution >= 4 is 39.1 Å². The fraction of sp³-hybridized carbons (Fsp3) is 0.0714. The Bertz CT molecular complexity index is 694. The first kappa shape index (κ1) is 15.6. The molecular formula is C14H12BrClFN3O. The summed E-state index contributed by atoms with van der Waals surface area (Å²) in [6.07, 6.45) is 0. The van der Waals surface area contributed by atoms with E-state index in [2.05, 4.69) is 26.4 Å². The van der Waals surface area contributed by atoms with E-state index in [4.69, 9.17) is 22.5 Å². The number of amidine groups is 1. The van der Waals surface area contributed by atoms with Gasteiger partial charge in [-0.1, -0.05) is 28.9 Å². The Morgan fingerprint density at radius 3 is 2.71 bits per heavy atom. The molecule has 0 amide bonds. The molecule has 110 valence electrons. The maximum atomic E-state index is 13.9. The quantitative estimate of drug-likeness (QED) is 0.329. The Morgan fingerprint density at radius 1 is 1.33 bits per heavy atom. The van der Waals surface area contributed by atoms with Crippen LogP contribution in [0.15, 0.2) is 46.0 Å². The molecular weight excluding hydrogens is 361 g/mol. The summed E-state index contributed by atoms with van der Waals surface area (Å²) in [4.78, 5) is 0. The first-order valence-corrected chi connectivity index (χ1v) is 7.13. The van der Waals surface area contributed by atoms with E-state index in [1.807, 2.05) is 12.1 Å². The number of hydrogen-bond acceptors (Lipinski definition) is 3. The number of nitrogens with one attached hydrogen (secondary N) is 1. The predicted molar refractivity (Wildman–Crippen MR) is 85.4 cm³/mol. The molecule has 2 aromatic carbocycles. The van der Waals surface area contributed by atoms with Gasteiger partial charge in [0.1, 0.15) is 5.82 Å². The standard InChI is InChI=1S/C14H12BrClFN3O/c15-11-4-3-10(6-12(11)16)19-7-9-2-1-8(5-13(9)17)14(18)20-21/h1-6,19,21H,7H2,(H2,18,20). The van der Waals surface area contributed by atoms with E-state index in [9.17, 15) is 4.39 Å². The third kappa shape index (κ3) is 3.86. The number of benzene rings is 2. The Labute approximate surface area is 134 Å². The predicted octanol–water partition coefficient (Wildman–Crippen LogP) is 3.95. The van der Waals surface area contributed by atoms with Crippen molar-refractivity contribution in [3.8, 4) is 0 Å². The van der Waals surface area contributed by atoms with Gasteiger partial charge in [0.2, 0.25) is 0 Å². The number of rotatable bonds is 4. The molecule has 0 bridgehead atoms. The highest BCUT2D eigenvalue weighted by molar-refractivity contribution is 9.10. The molecule has 0 fully saturated rings. The van der Waals surface area contributed by atoms with Crippen LogP contribution in [-0.4, -0.2) is 11.0 Å². The van der Waals surface area contributed by atoms with E-state index in [0.717, 1.165) is 10.2 Å². The topological polar surface area (TPSA) is 70.6 Å². The van der Waals surface area contributed by atoms with Crippen LogP contribution in [0.5, 0.6) is 0 Å². The number of hydrogen-bond donors (Lipinski definition) is 3. The average molecular weight is 373 g/mol. The Hall–Kier alpha value is -1.79. The molecule has 7 heteroatoms. The SMILES string of the molecule is N/C(=N/O)c1ccc(CNc2ccc(Br)c(Cl)c2)c(F)c1. The molecule has 21 heavy (non-hydrogen) atoms. The van der Waals surface area contributed by atoms with Crippen molar-refractivity contribution in [3.63, 3.8) is 0 Å². The van der Waals surface area contributed by atoms with Gasteiger partial charge < -0.3 is 16.3 Å². The number of oxime groups is 1. The fourth-order valence-corrected chi connectivity index (χ4v) is 2.14. The average Bonchev–Trinajstić information content (AvgIpc) is 2.48. The lowest BCUT2D eigenvalue weighted by Gasteiger charge is -2.09. The summed E-state index contributed by atoms with van der Waals surface area (Å²) in [5.74, 6) is -0.567. The van der Waals surface area contributed by atoms with Gasteiger partial charge in [0.15, 0.2) is 5.84 Å². The number of anilines is 1. The van der Waals surface area contributed by atoms with Crippen LogP contribution in [0.25, 0.3) is 0 Å². The van der Waals surface area contributed by atoms with Crippen LogP contribution in [0.1, 0.15) is 11.1 Å². The van der Waals surface area contributed by atoms with Crippen LogP contribution in [0.4, 0.5) is 10.1 Å². The highest BCUT2D eigenvalue weighted by atomic mass is 79.9. The largest absolute Gasteiger partial charge is 0.409 e. The zero-order valence-electron chi connectivity index (χ0n) is 10.8. The summed E-state index contributed by atoms with van der Waals surface area (Å²) in [6, 6.07) is 9.77. The summed E-state index contributed by atoms with van der Waals surface area (Å²) < 4.78 is 14.7. The van der Waals surface area contributed by atoms with Crippen LogP contribution in [0, 0.1) is 5.82 Å². The lowest BCUT2D eigenvalue weighted by atomic mass is 10.1. The molecule has 0 aliphatic carbocycles. The molecule has 2 aromatic rings. The summed E-state index contributed by atoms with van der Waals surface area (Å²) in [5, 5.41) is 15.0. The van der Waals surface area contributed by atoms with E-state index in [-0.39, 0.29) is 5.84 Å². The van der Waals surface area contributed by atoms with E-state index >= 15 is 0 Å². The fourth-order valence-electron chi connectivity index (χ4n) is 1.71. The van der Waals surface area contributed by atoms with Crippen molar-refractivity contribution in [1.29, 1.82) is 0 Å². The Morgan fingerprint density at radius 2 is 2.10 bits per heavy atom. The second-order valence-corrected chi connectivity index (χ2v) is 5.54. The van der Waals surface area contributed by atoms with Gasteiger partial charge in [0, 0.05) is 27.8 Å². The molecule has 4 nitrogen and oxygen atoms in total. The van der Waals surface area contributed by atoms with Crippen LogP contribution in [0.2, 0.25) is 5.02 Å². The monoisotopic (exact) mass is 371 g/mol. The first-order valence-electron chi connectivity index (χ1n) is 5.96. The maximum absolute atomic E-state index is 13.9. The zero-order chi connectivity index (χ0) is 15.4. The third-order valence-electron chi connectivity index (χ3n) is 2.86. The molecule has 0 saturated heterocycles. The molecule has 0 spiro atoms. The van der Waals surface area contributed by atoms with Gasteiger partial charge >= 0.3 is 0 Å². The van der Waals surface area contributed by atoms with Crippen molar-refractivity contribution in [2.24, 2.45) is 10.9 Å². The third-order valence-corrected chi connectivity index (χ3v) is 4.09. The second kappa shape index (κ2) is 6.78. The zero-order valence-corrected chi connectivity index (χ0v) is 13.1. The Kier molecular flexibility index (Phi) is 5.03.